The molecule has 3 nitrogen and oxygen atoms in total. The monoisotopic (exact) mass is 152 g/mol. The molecule has 1 aromatic heterocycles. The average molecular weight is 152 g/mol. The molecule has 2 heterocycles. The Morgan fingerprint density at radius 2 is 2.45 bits per heavy atom. The molecule has 0 bridgehead atoms. The van der Waals surface area contributed by atoms with E-state index in [1.807, 2.05) is 16.9 Å². The second-order valence-electron chi connectivity index (χ2n) is 3.12. The second kappa shape index (κ2) is 2.34. The van der Waals surface area contributed by atoms with E-state index in [9.17, 15) is 0 Å². The highest BCUT2D eigenvalue weighted by atomic mass is 16.6. The Hall–Kier alpha value is -0.830. The van der Waals surface area contributed by atoms with Crippen molar-refractivity contribution < 1.29 is 4.74 Å². The molecule has 1 saturated heterocycles. The molecule has 2 rings (SSSR count). The van der Waals surface area contributed by atoms with E-state index in [1.165, 1.54) is 5.69 Å². The molecule has 0 N–H and O–H groups in total. The fourth-order valence-corrected chi connectivity index (χ4v) is 1.23. The number of ether oxygens (including phenoxy) is 1. The molecule has 0 radical (unpaired) electrons. The Labute approximate surface area is 66.0 Å². The lowest BCUT2D eigenvalue weighted by atomic mass is 10.3. The predicted octanol–water partition coefficient (Wildman–Crippen LogP) is 1.54. The van der Waals surface area contributed by atoms with Gasteiger partial charge in [0.05, 0.1) is 12.3 Å². The first kappa shape index (κ1) is 6.85. The van der Waals surface area contributed by atoms with Gasteiger partial charge in [0.25, 0.3) is 0 Å². The van der Waals surface area contributed by atoms with E-state index in [0.29, 0.717) is 12.1 Å². The molecule has 0 aliphatic carbocycles. The van der Waals surface area contributed by atoms with Gasteiger partial charge in [-0.15, -0.1) is 0 Å². The maximum Gasteiger partial charge on any atom is 0.123 e. The third kappa shape index (κ3) is 1.16. The summed E-state index contributed by atoms with van der Waals surface area (Å²) in [5.74, 6) is 0. The minimum Gasteiger partial charge on any atom is -0.366 e. The molecule has 1 aliphatic heterocycles. The molecule has 0 spiro atoms. The summed E-state index contributed by atoms with van der Waals surface area (Å²) in [5.41, 5.74) is 1.21. The first-order valence-corrected chi connectivity index (χ1v) is 3.94. The van der Waals surface area contributed by atoms with Crippen molar-refractivity contribution in [1.29, 1.82) is 0 Å². The fourth-order valence-electron chi connectivity index (χ4n) is 1.23. The Kier molecular flexibility index (Phi) is 1.46. The lowest BCUT2D eigenvalue weighted by Crippen LogP contribution is -2.06. The average Bonchev–Trinajstić information content (AvgIpc) is 2.68. The van der Waals surface area contributed by atoms with Gasteiger partial charge in [-0.1, -0.05) is 0 Å². The molecule has 1 fully saturated rings. The summed E-state index contributed by atoms with van der Waals surface area (Å²) in [6.45, 7) is 5.11. The van der Waals surface area contributed by atoms with Gasteiger partial charge < -0.3 is 4.74 Å². The number of hydrogen-bond acceptors (Lipinski definition) is 2. The van der Waals surface area contributed by atoms with Gasteiger partial charge >= 0.3 is 0 Å². The van der Waals surface area contributed by atoms with Crippen LogP contribution in [0.4, 0.5) is 0 Å². The highest BCUT2D eigenvalue weighted by Gasteiger charge is 2.28. The molecule has 60 valence electrons. The molecular formula is C8H12N2O. The maximum absolute atomic E-state index is 5.18. The highest BCUT2D eigenvalue weighted by molar-refractivity contribution is 5.09. The summed E-state index contributed by atoms with van der Waals surface area (Å²) < 4.78 is 7.19. The van der Waals surface area contributed by atoms with Crippen LogP contribution in [0, 0.1) is 0 Å². The minimum atomic E-state index is 0.319. The second-order valence-corrected chi connectivity index (χ2v) is 3.12. The number of epoxide rings is 1. The number of nitrogens with zero attached hydrogens (tertiary/aromatic N) is 2. The van der Waals surface area contributed by atoms with Crippen LogP contribution in [0.2, 0.25) is 0 Å². The summed E-state index contributed by atoms with van der Waals surface area (Å²) in [6, 6.07) is 2.46. The molecule has 0 aromatic carbocycles. The van der Waals surface area contributed by atoms with E-state index in [2.05, 4.69) is 18.9 Å². The van der Waals surface area contributed by atoms with Gasteiger partial charge in [-0.2, -0.15) is 5.10 Å². The summed E-state index contributed by atoms with van der Waals surface area (Å²) >= 11 is 0. The van der Waals surface area contributed by atoms with Crippen LogP contribution in [0.1, 0.15) is 31.7 Å². The molecule has 1 atom stereocenters. The summed E-state index contributed by atoms with van der Waals surface area (Å²) in [7, 11) is 0. The Balaban J connectivity index is 2.30. The van der Waals surface area contributed by atoms with Crippen molar-refractivity contribution in [3.05, 3.63) is 18.0 Å². The van der Waals surface area contributed by atoms with Crippen molar-refractivity contribution in [2.45, 2.75) is 26.0 Å². The molecule has 1 aliphatic rings. The van der Waals surface area contributed by atoms with Crippen molar-refractivity contribution in [2.24, 2.45) is 0 Å². The van der Waals surface area contributed by atoms with Crippen molar-refractivity contribution in [1.82, 2.24) is 9.78 Å². The van der Waals surface area contributed by atoms with E-state index < -0.39 is 0 Å². The normalized spacial score (nSPS) is 22.6. The zero-order valence-electron chi connectivity index (χ0n) is 6.82. The third-order valence-electron chi connectivity index (χ3n) is 1.85. The molecule has 3 heteroatoms. The van der Waals surface area contributed by atoms with Crippen molar-refractivity contribution in [2.75, 3.05) is 6.61 Å². The van der Waals surface area contributed by atoms with E-state index in [-0.39, 0.29) is 0 Å². The van der Waals surface area contributed by atoms with Gasteiger partial charge in [0, 0.05) is 12.2 Å². The van der Waals surface area contributed by atoms with Crippen LogP contribution in [0.25, 0.3) is 0 Å². The SMILES string of the molecule is CC(C)n1nccc1C1CO1. The lowest BCUT2D eigenvalue weighted by molar-refractivity contribution is 0.390. The van der Waals surface area contributed by atoms with Crippen LogP contribution in [-0.2, 0) is 4.74 Å². The first-order chi connectivity index (χ1) is 5.29. The molecule has 0 amide bonds. The van der Waals surface area contributed by atoms with Gasteiger partial charge in [-0.25, -0.2) is 0 Å². The Morgan fingerprint density at radius 3 is 3.00 bits per heavy atom. The van der Waals surface area contributed by atoms with Gasteiger partial charge in [0.1, 0.15) is 6.10 Å². The molecule has 0 saturated carbocycles. The predicted molar refractivity (Wildman–Crippen MR) is 41.3 cm³/mol. The number of hydrogen-bond donors (Lipinski definition) is 0. The summed E-state index contributed by atoms with van der Waals surface area (Å²) in [6.07, 6.45) is 2.15. The zero-order valence-corrected chi connectivity index (χ0v) is 6.82. The quantitative estimate of drug-likeness (QED) is 0.602. The van der Waals surface area contributed by atoms with Gasteiger partial charge in [-0.05, 0) is 19.9 Å². The van der Waals surface area contributed by atoms with Crippen LogP contribution >= 0.6 is 0 Å². The van der Waals surface area contributed by atoms with Crippen LogP contribution in [0.15, 0.2) is 12.3 Å². The van der Waals surface area contributed by atoms with Crippen molar-refractivity contribution in [3.8, 4) is 0 Å². The van der Waals surface area contributed by atoms with Crippen LogP contribution in [-0.4, -0.2) is 16.4 Å². The standard InChI is InChI=1S/C8H12N2O/c1-6(2)10-7(3-4-9-10)8-5-11-8/h3-4,6,8H,5H2,1-2H3. The lowest BCUT2D eigenvalue weighted by Gasteiger charge is -2.08. The minimum absolute atomic E-state index is 0.319. The third-order valence-corrected chi connectivity index (χ3v) is 1.85. The molecular weight excluding hydrogens is 140 g/mol. The van der Waals surface area contributed by atoms with Gasteiger partial charge in [-0.3, -0.25) is 4.68 Å². The zero-order chi connectivity index (χ0) is 7.84. The van der Waals surface area contributed by atoms with E-state index in [1.54, 1.807) is 0 Å². The first-order valence-electron chi connectivity index (χ1n) is 3.94. The van der Waals surface area contributed by atoms with E-state index in [4.69, 9.17) is 4.74 Å². The Bertz CT molecular complexity index is 234. The van der Waals surface area contributed by atoms with Crippen LogP contribution in [0.5, 0.6) is 0 Å². The van der Waals surface area contributed by atoms with Gasteiger partial charge in [0.15, 0.2) is 0 Å². The molecule has 11 heavy (non-hydrogen) atoms. The highest BCUT2D eigenvalue weighted by Crippen LogP contribution is 2.30. The van der Waals surface area contributed by atoms with Gasteiger partial charge in [0.2, 0.25) is 0 Å². The summed E-state index contributed by atoms with van der Waals surface area (Å²) in [5, 5.41) is 4.21. The largest absolute Gasteiger partial charge is 0.366 e. The fraction of sp³-hybridized carbons (Fsp3) is 0.625. The molecule has 1 unspecified atom stereocenters. The van der Waals surface area contributed by atoms with E-state index in [0.717, 1.165) is 6.61 Å². The smallest absolute Gasteiger partial charge is 0.123 e. The van der Waals surface area contributed by atoms with Crippen LogP contribution in [0.3, 0.4) is 0 Å². The van der Waals surface area contributed by atoms with Crippen molar-refractivity contribution >= 4 is 0 Å². The van der Waals surface area contributed by atoms with E-state index >= 15 is 0 Å². The Morgan fingerprint density at radius 1 is 1.73 bits per heavy atom. The van der Waals surface area contributed by atoms with Crippen LogP contribution < -0.4 is 0 Å². The topological polar surface area (TPSA) is 30.4 Å². The maximum atomic E-state index is 5.18. The number of rotatable bonds is 2. The molecule has 1 aromatic rings. The van der Waals surface area contributed by atoms with Crippen molar-refractivity contribution in [3.63, 3.8) is 0 Å². The summed E-state index contributed by atoms with van der Waals surface area (Å²) in [4.78, 5) is 0. The number of aromatic nitrogens is 2.